The fourth-order valence-corrected chi connectivity index (χ4v) is 5.07. The van der Waals surface area contributed by atoms with Crippen LogP contribution in [-0.2, 0) is 4.79 Å². The minimum absolute atomic E-state index is 0.0698. The maximum atomic E-state index is 12.4. The number of thioether (sulfide) groups is 1. The molecule has 2 aromatic rings. The zero-order chi connectivity index (χ0) is 20.0. The van der Waals surface area contributed by atoms with Crippen molar-refractivity contribution in [2.24, 2.45) is 4.99 Å². The molecule has 7 heteroatoms. The zero-order valence-electron chi connectivity index (χ0n) is 16.5. The molecule has 5 rings (SSSR count). The summed E-state index contributed by atoms with van der Waals surface area (Å²) in [5.74, 6) is 1.46. The topological polar surface area (TPSA) is 64.9 Å². The second kappa shape index (κ2) is 7.30. The number of aryl methyl sites for hydroxylation is 1. The molecule has 1 aliphatic carbocycles. The van der Waals surface area contributed by atoms with E-state index in [0.29, 0.717) is 10.9 Å². The van der Waals surface area contributed by atoms with Gasteiger partial charge in [0.25, 0.3) is 5.91 Å². The summed E-state index contributed by atoms with van der Waals surface area (Å²) in [5, 5.41) is 3.65. The number of hydrogen-bond donors (Lipinski definition) is 1. The highest BCUT2D eigenvalue weighted by Gasteiger charge is 2.26. The Morgan fingerprint density at radius 2 is 1.97 bits per heavy atom. The Labute approximate surface area is 174 Å². The van der Waals surface area contributed by atoms with Gasteiger partial charge in [0.1, 0.15) is 0 Å². The second-order valence-corrected chi connectivity index (χ2v) is 8.67. The number of carbonyl (C=O) groups excluding carboxylic acids is 1. The summed E-state index contributed by atoms with van der Waals surface area (Å²) in [4.78, 5) is 17.9. The summed E-state index contributed by atoms with van der Waals surface area (Å²) < 4.78 is 13.1. The number of aromatic nitrogens is 1. The highest BCUT2D eigenvalue weighted by Crippen LogP contribution is 2.36. The number of rotatable bonds is 3. The zero-order valence-corrected chi connectivity index (χ0v) is 17.3. The average molecular weight is 410 g/mol. The van der Waals surface area contributed by atoms with E-state index in [1.165, 1.54) is 24.6 Å². The first-order chi connectivity index (χ1) is 14.1. The van der Waals surface area contributed by atoms with Crippen LogP contribution >= 0.6 is 11.8 Å². The third-order valence-corrected chi connectivity index (χ3v) is 6.57. The van der Waals surface area contributed by atoms with E-state index >= 15 is 0 Å². The van der Waals surface area contributed by atoms with Crippen molar-refractivity contribution in [3.8, 4) is 17.2 Å². The van der Waals surface area contributed by atoms with Gasteiger partial charge in [0.15, 0.2) is 16.7 Å². The van der Waals surface area contributed by atoms with Gasteiger partial charge in [0.2, 0.25) is 6.79 Å². The molecule has 6 nitrogen and oxygen atoms in total. The van der Waals surface area contributed by atoms with E-state index in [1.807, 2.05) is 24.3 Å². The van der Waals surface area contributed by atoms with Crippen molar-refractivity contribution in [3.05, 3.63) is 46.1 Å². The predicted molar refractivity (Wildman–Crippen MR) is 115 cm³/mol. The lowest BCUT2D eigenvalue weighted by atomic mass is 10.2. The molecule has 3 aliphatic rings. The molecule has 0 unspecified atom stereocenters. The van der Waals surface area contributed by atoms with E-state index in [1.54, 1.807) is 0 Å². The minimum Gasteiger partial charge on any atom is -0.454 e. The number of amides is 1. The van der Waals surface area contributed by atoms with Crippen LogP contribution in [-0.4, -0.2) is 28.5 Å². The average Bonchev–Trinajstić information content (AvgIpc) is 3.46. The first-order valence-electron chi connectivity index (χ1n) is 9.96. The van der Waals surface area contributed by atoms with Gasteiger partial charge in [-0.15, -0.1) is 0 Å². The maximum Gasteiger partial charge on any atom is 0.264 e. The normalized spacial score (nSPS) is 21.5. The van der Waals surface area contributed by atoms with E-state index in [2.05, 4.69) is 29.8 Å². The lowest BCUT2D eigenvalue weighted by Crippen LogP contribution is -2.21. The van der Waals surface area contributed by atoms with E-state index in [4.69, 9.17) is 14.5 Å². The highest BCUT2D eigenvalue weighted by atomic mass is 32.2. The smallest absolute Gasteiger partial charge is 0.264 e. The Morgan fingerprint density at radius 3 is 2.79 bits per heavy atom. The van der Waals surface area contributed by atoms with Crippen LogP contribution in [0.2, 0.25) is 0 Å². The Bertz CT molecular complexity index is 1050. The number of ether oxygens (including phenoxy) is 2. The van der Waals surface area contributed by atoms with Crippen molar-refractivity contribution in [3.63, 3.8) is 0 Å². The molecule has 1 amide bonds. The Kier molecular flexibility index (Phi) is 4.62. The first-order valence-corrected chi connectivity index (χ1v) is 10.8. The Balaban J connectivity index is 1.44. The third-order valence-electron chi connectivity index (χ3n) is 5.65. The molecule has 29 heavy (non-hydrogen) atoms. The van der Waals surface area contributed by atoms with Gasteiger partial charge in [-0.05, 0) is 68.3 Å². The summed E-state index contributed by atoms with van der Waals surface area (Å²) in [7, 11) is 0. The summed E-state index contributed by atoms with van der Waals surface area (Å²) in [6.07, 6.45) is 6.66. The molecule has 2 fully saturated rings. The van der Waals surface area contributed by atoms with E-state index < -0.39 is 0 Å². The van der Waals surface area contributed by atoms with Crippen molar-refractivity contribution in [2.75, 3.05) is 6.79 Å². The van der Waals surface area contributed by atoms with Crippen LogP contribution in [0.25, 0.3) is 11.8 Å². The third kappa shape index (κ3) is 3.44. The Hall–Kier alpha value is -2.67. The van der Waals surface area contributed by atoms with E-state index in [0.717, 1.165) is 52.1 Å². The molecular weight excluding hydrogens is 386 g/mol. The van der Waals surface area contributed by atoms with Gasteiger partial charge in [0, 0.05) is 23.1 Å². The van der Waals surface area contributed by atoms with Gasteiger partial charge in [-0.1, -0.05) is 12.8 Å². The summed E-state index contributed by atoms with van der Waals surface area (Å²) in [5.41, 5.74) is 4.21. The van der Waals surface area contributed by atoms with Crippen LogP contribution in [0, 0.1) is 13.8 Å². The number of hydrogen-bond acceptors (Lipinski definition) is 5. The lowest BCUT2D eigenvalue weighted by Gasteiger charge is -2.10. The maximum absolute atomic E-state index is 12.4. The van der Waals surface area contributed by atoms with Gasteiger partial charge in [-0.2, -0.15) is 0 Å². The van der Waals surface area contributed by atoms with Gasteiger partial charge in [-0.25, -0.2) is 0 Å². The number of amidine groups is 1. The number of aliphatic imine (C=N–C) groups is 1. The van der Waals surface area contributed by atoms with Crippen LogP contribution < -0.4 is 14.8 Å². The first kappa shape index (κ1) is 18.4. The van der Waals surface area contributed by atoms with Gasteiger partial charge in [-0.3, -0.25) is 9.79 Å². The lowest BCUT2D eigenvalue weighted by molar-refractivity contribution is -0.115. The minimum atomic E-state index is -0.0698. The van der Waals surface area contributed by atoms with Crippen molar-refractivity contribution in [2.45, 2.75) is 45.6 Å². The summed E-state index contributed by atoms with van der Waals surface area (Å²) in [6, 6.07) is 8.40. The number of nitrogens with zero attached hydrogens (tertiary/aromatic N) is 2. The fourth-order valence-electron chi connectivity index (χ4n) is 4.18. The molecule has 0 radical (unpaired) electrons. The molecule has 0 atom stereocenters. The molecule has 150 valence electrons. The van der Waals surface area contributed by atoms with Crippen LogP contribution in [0.4, 0.5) is 0 Å². The predicted octanol–water partition coefficient (Wildman–Crippen LogP) is 4.33. The van der Waals surface area contributed by atoms with Gasteiger partial charge >= 0.3 is 0 Å². The van der Waals surface area contributed by atoms with Crippen LogP contribution in [0.15, 0.2) is 34.2 Å². The molecular formula is C22H23N3O3S. The number of nitrogens with one attached hydrogen (secondary N) is 1. The highest BCUT2D eigenvalue weighted by molar-refractivity contribution is 8.18. The van der Waals surface area contributed by atoms with E-state index in [-0.39, 0.29) is 12.7 Å². The molecule has 0 spiro atoms. The van der Waals surface area contributed by atoms with Gasteiger partial charge < -0.3 is 19.4 Å². The molecule has 3 heterocycles. The van der Waals surface area contributed by atoms with Crippen molar-refractivity contribution in [1.82, 2.24) is 9.88 Å². The molecule has 1 saturated carbocycles. The SMILES string of the molecule is Cc1cc(/C=C2\SC(=NC3CCCC3)NC2=O)c(C)n1-c1ccc2c(c1)OCO2. The van der Waals surface area contributed by atoms with Crippen LogP contribution in [0.5, 0.6) is 11.5 Å². The van der Waals surface area contributed by atoms with Crippen molar-refractivity contribution < 1.29 is 14.3 Å². The van der Waals surface area contributed by atoms with Crippen LogP contribution in [0.1, 0.15) is 42.6 Å². The molecule has 1 saturated heterocycles. The van der Waals surface area contributed by atoms with Crippen molar-refractivity contribution in [1.29, 1.82) is 0 Å². The van der Waals surface area contributed by atoms with E-state index in [9.17, 15) is 4.79 Å². The monoisotopic (exact) mass is 409 g/mol. The summed E-state index contributed by atoms with van der Waals surface area (Å²) >= 11 is 1.44. The standard InChI is InChI=1S/C22H23N3O3S/c1-13-9-15(10-20-21(26)24-22(29-20)23-16-5-3-4-6-16)14(2)25(13)17-7-8-18-19(11-17)28-12-27-18/h7-11,16H,3-6,12H2,1-2H3,(H,23,24,26)/b20-10-. The van der Waals surface area contributed by atoms with Crippen LogP contribution in [0.3, 0.4) is 0 Å². The number of carbonyl (C=O) groups is 1. The molecule has 1 aromatic heterocycles. The molecule has 1 N–H and O–H groups in total. The van der Waals surface area contributed by atoms with Gasteiger partial charge in [0.05, 0.1) is 10.9 Å². The molecule has 1 aromatic carbocycles. The molecule has 2 aliphatic heterocycles. The fraction of sp³-hybridized carbons (Fsp3) is 0.364. The van der Waals surface area contributed by atoms with Crippen molar-refractivity contribution >= 4 is 28.9 Å². The largest absolute Gasteiger partial charge is 0.454 e. The Morgan fingerprint density at radius 1 is 1.17 bits per heavy atom. The number of benzene rings is 1. The molecule has 0 bridgehead atoms. The quantitative estimate of drug-likeness (QED) is 0.767. The summed E-state index contributed by atoms with van der Waals surface area (Å²) in [6.45, 7) is 4.39. The number of fused-ring (bicyclic) bond motifs is 1. The second-order valence-electron chi connectivity index (χ2n) is 7.64.